The summed E-state index contributed by atoms with van der Waals surface area (Å²) < 4.78 is 50.1. The molecular weight excluding hydrogens is 250 g/mol. The maximum absolute atomic E-state index is 13.2. The minimum absolute atomic E-state index is 0.0309. The number of Topliss-reactive ketones (excluding diaryl/α,β-unsaturated/α-hetero) is 1. The van der Waals surface area contributed by atoms with E-state index in [0.29, 0.717) is 25.1 Å². The number of halogens is 4. The van der Waals surface area contributed by atoms with Crippen LogP contribution in [0.1, 0.15) is 28.8 Å². The highest BCUT2D eigenvalue weighted by Gasteiger charge is 2.34. The van der Waals surface area contributed by atoms with Crippen molar-refractivity contribution in [1.82, 2.24) is 5.32 Å². The molecule has 2 nitrogen and oxygen atoms in total. The summed E-state index contributed by atoms with van der Waals surface area (Å²) in [7, 11) is 1.72. The molecule has 0 atom stereocenters. The molecule has 18 heavy (non-hydrogen) atoms. The van der Waals surface area contributed by atoms with E-state index in [4.69, 9.17) is 0 Å². The van der Waals surface area contributed by atoms with Gasteiger partial charge in [-0.1, -0.05) is 6.07 Å². The molecule has 1 aromatic rings. The lowest BCUT2D eigenvalue weighted by atomic mass is 10.0. The quantitative estimate of drug-likeness (QED) is 0.502. The van der Waals surface area contributed by atoms with Gasteiger partial charge in [0.15, 0.2) is 5.78 Å². The van der Waals surface area contributed by atoms with Gasteiger partial charge in [0, 0.05) is 12.0 Å². The van der Waals surface area contributed by atoms with Crippen molar-refractivity contribution in [2.24, 2.45) is 0 Å². The molecule has 0 aliphatic rings. The lowest BCUT2D eigenvalue weighted by Gasteiger charge is -2.09. The van der Waals surface area contributed by atoms with Gasteiger partial charge in [0.05, 0.1) is 5.56 Å². The fourth-order valence-electron chi connectivity index (χ4n) is 1.49. The van der Waals surface area contributed by atoms with E-state index in [9.17, 15) is 22.4 Å². The first-order valence-electron chi connectivity index (χ1n) is 5.41. The Labute approximate surface area is 102 Å². The van der Waals surface area contributed by atoms with Gasteiger partial charge in [0.1, 0.15) is 5.82 Å². The number of benzene rings is 1. The number of alkyl halides is 3. The zero-order valence-corrected chi connectivity index (χ0v) is 9.77. The molecule has 0 saturated carbocycles. The molecular formula is C12H13F4NO. The predicted molar refractivity (Wildman–Crippen MR) is 58.9 cm³/mol. The first-order chi connectivity index (χ1) is 8.36. The van der Waals surface area contributed by atoms with Crippen LogP contribution in [0.25, 0.3) is 0 Å². The Morgan fingerprint density at radius 2 is 2.00 bits per heavy atom. The zero-order valence-electron chi connectivity index (χ0n) is 9.77. The SMILES string of the molecule is CNCCCC(=O)c1ccc(C(F)(F)F)c(F)c1. The molecule has 1 rings (SSSR count). The third-order valence-corrected chi connectivity index (χ3v) is 2.43. The van der Waals surface area contributed by atoms with E-state index in [-0.39, 0.29) is 17.8 Å². The summed E-state index contributed by atoms with van der Waals surface area (Å²) in [5.41, 5.74) is -1.38. The van der Waals surface area contributed by atoms with Crippen molar-refractivity contribution in [2.45, 2.75) is 19.0 Å². The summed E-state index contributed by atoms with van der Waals surface area (Å²) in [5, 5.41) is 2.84. The Morgan fingerprint density at radius 1 is 1.33 bits per heavy atom. The largest absolute Gasteiger partial charge is 0.419 e. The van der Waals surface area contributed by atoms with Crippen LogP contribution in [0, 0.1) is 5.82 Å². The molecule has 0 aliphatic heterocycles. The fourth-order valence-corrected chi connectivity index (χ4v) is 1.49. The molecule has 100 valence electrons. The molecule has 0 bridgehead atoms. The van der Waals surface area contributed by atoms with Gasteiger partial charge >= 0.3 is 6.18 Å². The van der Waals surface area contributed by atoms with E-state index in [1.54, 1.807) is 7.05 Å². The van der Waals surface area contributed by atoms with Gasteiger partial charge in [-0.25, -0.2) is 4.39 Å². The minimum Gasteiger partial charge on any atom is -0.320 e. The van der Waals surface area contributed by atoms with Crippen LogP contribution in [-0.2, 0) is 6.18 Å². The van der Waals surface area contributed by atoms with Gasteiger partial charge in [-0.3, -0.25) is 4.79 Å². The highest BCUT2D eigenvalue weighted by molar-refractivity contribution is 5.96. The first-order valence-corrected chi connectivity index (χ1v) is 5.41. The van der Waals surface area contributed by atoms with E-state index in [2.05, 4.69) is 5.32 Å². The van der Waals surface area contributed by atoms with Gasteiger partial charge in [-0.2, -0.15) is 13.2 Å². The topological polar surface area (TPSA) is 29.1 Å². The van der Waals surface area contributed by atoms with Crippen LogP contribution in [0.3, 0.4) is 0 Å². The molecule has 0 amide bonds. The normalized spacial score (nSPS) is 11.6. The third kappa shape index (κ3) is 3.80. The number of hydrogen-bond acceptors (Lipinski definition) is 2. The number of carbonyl (C=O) groups excluding carboxylic acids is 1. The van der Waals surface area contributed by atoms with E-state index >= 15 is 0 Å². The Balaban J connectivity index is 2.81. The summed E-state index contributed by atoms with van der Waals surface area (Å²) in [6.07, 6.45) is -4.01. The molecule has 0 radical (unpaired) electrons. The second-order valence-electron chi connectivity index (χ2n) is 3.82. The number of hydrogen-bond donors (Lipinski definition) is 1. The Kier molecular flexibility index (Phi) is 4.84. The van der Waals surface area contributed by atoms with Crippen molar-refractivity contribution in [3.8, 4) is 0 Å². The lowest BCUT2D eigenvalue weighted by Crippen LogP contribution is -2.12. The second kappa shape index (κ2) is 5.95. The standard InChI is InChI=1S/C12H13F4NO/c1-17-6-2-3-11(18)8-4-5-9(10(13)7-8)12(14,15)16/h4-5,7,17H,2-3,6H2,1H3. The highest BCUT2D eigenvalue weighted by Crippen LogP contribution is 2.31. The monoisotopic (exact) mass is 263 g/mol. The van der Waals surface area contributed by atoms with Crippen LogP contribution in [0.5, 0.6) is 0 Å². The number of ketones is 1. The summed E-state index contributed by atoms with van der Waals surface area (Å²) in [6.45, 7) is 0.620. The van der Waals surface area contributed by atoms with Gasteiger partial charge in [0.25, 0.3) is 0 Å². The third-order valence-electron chi connectivity index (χ3n) is 2.43. The number of nitrogens with one attached hydrogen (secondary N) is 1. The van der Waals surface area contributed by atoms with Crippen LogP contribution >= 0.6 is 0 Å². The number of carbonyl (C=O) groups is 1. The molecule has 0 fully saturated rings. The van der Waals surface area contributed by atoms with Crippen LogP contribution < -0.4 is 5.32 Å². The summed E-state index contributed by atoms with van der Waals surface area (Å²) in [5.74, 6) is -1.78. The smallest absolute Gasteiger partial charge is 0.320 e. The lowest BCUT2D eigenvalue weighted by molar-refractivity contribution is -0.140. The summed E-state index contributed by atoms with van der Waals surface area (Å²) in [6, 6.07) is 2.25. The number of rotatable bonds is 5. The average Bonchev–Trinajstić information content (AvgIpc) is 2.27. The van der Waals surface area contributed by atoms with Crippen molar-refractivity contribution in [3.05, 3.63) is 35.1 Å². The highest BCUT2D eigenvalue weighted by atomic mass is 19.4. The van der Waals surface area contributed by atoms with Gasteiger partial charge < -0.3 is 5.32 Å². The molecule has 0 heterocycles. The maximum atomic E-state index is 13.2. The molecule has 0 aliphatic carbocycles. The minimum atomic E-state index is -4.74. The van der Waals surface area contributed by atoms with Crippen LogP contribution in [-0.4, -0.2) is 19.4 Å². The van der Waals surface area contributed by atoms with Crippen LogP contribution in [0.4, 0.5) is 17.6 Å². The molecule has 0 unspecified atom stereocenters. The first kappa shape index (κ1) is 14.6. The predicted octanol–water partition coefficient (Wildman–Crippen LogP) is 3.03. The van der Waals surface area contributed by atoms with E-state index in [1.807, 2.05) is 0 Å². The maximum Gasteiger partial charge on any atom is 0.419 e. The molecule has 0 spiro atoms. The fraction of sp³-hybridized carbons (Fsp3) is 0.417. The average molecular weight is 263 g/mol. The summed E-state index contributed by atoms with van der Waals surface area (Å²) in [4.78, 5) is 11.6. The van der Waals surface area contributed by atoms with E-state index in [1.165, 1.54) is 0 Å². The van der Waals surface area contributed by atoms with Crippen molar-refractivity contribution >= 4 is 5.78 Å². The van der Waals surface area contributed by atoms with Crippen molar-refractivity contribution < 1.29 is 22.4 Å². The molecule has 0 saturated heterocycles. The van der Waals surface area contributed by atoms with Crippen molar-refractivity contribution in [3.63, 3.8) is 0 Å². The van der Waals surface area contributed by atoms with Crippen LogP contribution in [0.2, 0.25) is 0 Å². The Hall–Kier alpha value is -1.43. The van der Waals surface area contributed by atoms with Gasteiger partial charge in [0.2, 0.25) is 0 Å². The van der Waals surface area contributed by atoms with Crippen molar-refractivity contribution in [2.75, 3.05) is 13.6 Å². The Morgan fingerprint density at radius 3 is 2.50 bits per heavy atom. The summed E-state index contributed by atoms with van der Waals surface area (Å²) >= 11 is 0. The Bertz CT molecular complexity index is 429. The second-order valence-corrected chi connectivity index (χ2v) is 3.82. The van der Waals surface area contributed by atoms with Crippen molar-refractivity contribution in [1.29, 1.82) is 0 Å². The molecule has 1 aromatic carbocycles. The van der Waals surface area contributed by atoms with E-state index in [0.717, 1.165) is 6.07 Å². The van der Waals surface area contributed by atoms with Gasteiger partial charge in [-0.05, 0) is 32.1 Å². The van der Waals surface area contributed by atoms with Gasteiger partial charge in [-0.15, -0.1) is 0 Å². The zero-order chi connectivity index (χ0) is 13.8. The molecule has 6 heteroatoms. The molecule has 1 N–H and O–H groups in total. The van der Waals surface area contributed by atoms with E-state index < -0.39 is 17.6 Å². The molecule has 0 aromatic heterocycles. The van der Waals surface area contributed by atoms with Crippen LogP contribution in [0.15, 0.2) is 18.2 Å².